The summed E-state index contributed by atoms with van der Waals surface area (Å²) in [6, 6.07) is 4.67. The molecule has 8 heteroatoms. The lowest BCUT2D eigenvalue weighted by Crippen LogP contribution is -2.53. The van der Waals surface area contributed by atoms with Gasteiger partial charge in [-0.2, -0.15) is 8.78 Å². The maximum atomic E-state index is 12.9. The summed E-state index contributed by atoms with van der Waals surface area (Å²) in [5.74, 6) is 1.97. The Morgan fingerprint density at radius 3 is 2.33 bits per heavy atom. The number of carbonyl (C=O) groups excluding carboxylic acids is 2. The van der Waals surface area contributed by atoms with E-state index >= 15 is 0 Å². The molecule has 1 aromatic rings. The lowest BCUT2D eigenvalue weighted by molar-refractivity contribution is -0.146. The van der Waals surface area contributed by atoms with Crippen LogP contribution in [0.4, 0.5) is 8.78 Å². The number of alkyl halides is 2. The van der Waals surface area contributed by atoms with Gasteiger partial charge in [-0.3, -0.25) is 9.59 Å². The van der Waals surface area contributed by atoms with Crippen molar-refractivity contribution in [3.63, 3.8) is 0 Å². The van der Waals surface area contributed by atoms with Crippen LogP contribution in [0.1, 0.15) is 50.5 Å². The van der Waals surface area contributed by atoms with Crippen molar-refractivity contribution in [3.05, 3.63) is 28.2 Å². The highest BCUT2D eigenvalue weighted by atomic mass is 79.9. The normalized spacial score (nSPS) is 29.1. The first-order chi connectivity index (χ1) is 14.3. The molecule has 2 amide bonds. The van der Waals surface area contributed by atoms with E-state index in [1.807, 2.05) is 0 Å². The van der Waals surface area contributed by atoms with Crippen LogP contribution in [0.15, 0.2) is 22.7 Å². The fourth-order valence-electron chi connectivity index (χ4n) is 6.05. The first-order valence-electron chi connectivity index (χ1n) is 10.6. The van der Waals surface area contributed by atoms with Crippen LogP contribution in [0.25, 0.3) is 0 Å². The lowest BCUT2D eigenvalue weighted by Gasteiger charge is -2.55. The van der Waals surface area contributed by atoms with Gasteiger partial charge >= 0.3 is 6.61 Å². The third kappa shape index (κ3) is 4.79. The van der Waals surface area contributed by atoms with Gasteiger partial charge in [-0.15, -0.1) is 0 Å². The molecule has 4 saturated carbocycles. The van der Waals surface area contributed by atoms with Crippen molar-refractivity contribution in [2.45, 2.75) is 58.1 Å². The van der Waals surface area contributed by atoms with Crippen LogP contribution in [0, 0.1) is 23.2 Å². The van der Waals surface area contributed by atoms with Crippen LogP contribution in [-0.4, -0.2) is 25.0 Å². The number of amides is 2. The predicted molar refractivity (Wildman–Crippen MR) is 111 cm³/mol. The van der Waals surface area contributed by atoms with Crippen molar-refractivity contribution < 1.29 is 23.1 Å². The topological polar surface area (TPSA) is 67.4 Å². The Morgan fingerprint density at radius 2 is 1.73 bits per heavy atom. The maximum Gasteiger partial charge on any atom is 0.387 e. The number of hydrogen-bond donors (Lipinski definition) is 2. The Labute approximate surface area is 183 Å². The first-order valence-corrected chi connectivity index (χ1v) is 11.4. The van der Waals surface area contributed by atoms with Crippen molar-refractivity contribution in [1.29, 1.82) is 0 Å². The van der Waals surface area contributed by atoms with Gasteiger partial charge in [0.2, 0.25) is 11.8 Å². The highest BCUT2D eigenvalue weighted by Gasteiger charge is 2.54. The Kier molecular flexibility index (Phi) is 6.32. The molecule has 0 unspecified atom stereocenters. The molecule has 4 aliphatic carbocycles. The molecule has 5 rings (SSSR count). The fraction of sp³-hybridized carbons (Fsp3) is 0.636. The molecule has 0 aromatic heterocycles. The minimum absolute atomic E-state index is 0.0311. The van der Waals surface area contributed by atoms with Crippen LogP contribution in [0.3, 0.4) is 0 Å². The number of benzene rings is 1. The van der Waals surface area contributed by atoms with E-state index in [2.05, 4.69) is 31.3 Å². The van der Waals surface area contributed by atoms with E-state index in [1.165, 1.54) is 25.3 Å². The Balaban J connectivity index is 1.24. The van der Waals surface area contributed by atoms with Crippen molar-refractivity contribution in [1.82, 2.24) is 10.6 Å². The summed E-state index contributed by atoms with van der Waals surface area (Å²) in [5.41, 5.74) is 0.235. The Hall–Kier alpha value is -1.70. The van der Waals surface area contributed by atoms with E-state index in [0.29, 0.717) is 27.8 Å². The molecule has 0 saturated heterocycles. The highest BCUT2D eigenvalue weighted by molar-refractivity contribution is 9.10. The predicted octanol–water partition coefficient (Wildman–Crippen LogP) is 4.39. The first kappa shape index (κ1) is 21.5. The minimum Gasteiger partial charge on any atom is -0.434 e. The molecule has 1 aromatic carbocycles. The smallest absolute Gasteiger partial charge is 0.387 e. The molecule has 4 aliphatic rings. The summed E-state index contributed by atoms with van der Waals surface area (Å²) in [6.45, 7) is -2.57. The van der Waals surface area contributed by atoms with E-state index in [0.717, 1.165) is 19.3 Å². The van der Waals surface area contributed by atoms with Gasteiger partial charge in [0.25, 0.3) is 0 Å². The molecule has 0 radical (unpaired) electrons. The Bertz CT molecular complexity index is 782. The van der Waals surface area contributed by atoms with E-state index < -0.39 is 6.61 Å². The van der Waals surface area contributed by atoms with Crippen LogP contribution in [0.5, 0.6) is 5.75 Å². The lowest BCUT2D eigenvalue weighted by atomic mass is 9.49. The van der Waals surface area contributed by atoms with Crippen molar-refractivity contribution in [3.8, 4) is 5.75 Å². The second kappa shape index (κ2) is 8.81. The van der Waals surface area contributed by atoms with Gasteiger partial charge < -0.3 is 15.4 Å². The van der Waals surface area contributed by atoms with Gasteiger partial charge in [-0.1, -0.05) is 15.9 Å². The largest absolute Gasteiger partial charge is 0.434 e. The molecule has 4 bridgehead atoms. The van der Waals surface area contributed by atoms with Crippen molar-refractivity contribution in [2.24, 2.45) is 23.2 Å². The van der Waals surface area contributed by atoms with Gasteiger partial charge in [0.1, 0.15) is 5.75 Å². The molecule has 5 nitrogen and oxygen atoms in total. The van der Waals surface area contributed by atoms with Gasteiger partial charge in [-0.05, 0) is 74.5 Å². The molecular weight excluding hydrogens is 458 g/mol. The zero-order chi connectivity index (χ0) is 21.3. The number of nitrogens with one attached hydrogen (secondary N) is 2. The molecule has 164 valence electrons. The quantitative estimate of drug-likeness (QED) is 0.574. The van der Waals surface area contributed by atoms with Crippen LogP contribution in [-0.2, 0) is 16.1 Å². The number of halogens is 3. The summed E-state index contributed by atoms with van der Waals surface area (Å²) >= 11 is 3.29. The average Bonchev–Trinajstić information content (AvgIpc) is 2.66. The second-order valence-electron chi connectivity index (χ2n) is 9.11. The molecule has 0 spiro atoms. The Morgan fingerprint density at radius 1 is 1.10 bits per heavy atom. The highest BCUT2D eigenvalue weighted by Crippen LogP contribution is 2.60. The zero-order valence-electron chi connectivity index (χ0n) is 16.8. The third-order valence-corrected chi connectivity index (χ3v) is 7.37. The minimum atomic E-state index is -2.93. The monoisotopic (exact) mass is 484 g/mol. The van der Waals surface area contributed by atoms with Gasteiger partial charge in [0.15, 0.2) is 0 Å². The van der Waals surface area contributed by atoms with Crippen molar-refractivity contribution >= 4 is 27.7 Å². The molecule has 30 heavy (non-hydrogen) atoms. The van der Waals surface area contributed by atoms with Crippen LogP contribution in [0.2, 0.25) is 0 Å². The molecule has 4 fully saturated rings. The van der Waals surface area contributed by atoms with E-state index in [1.54, 1.807) is 12.1 Å². The van der Waals surface area contributed by atoms with Crippen LogP contribution < -0.4 is 15.4 Å². The summed E-state index contributed by atoms with van der Waals surface area (Å²) in [5, 5.41) is 5.70. The van der Waals surface area contributed by atoms with Crippen LogP contribution >= 0.6 is 15.9 Å². The number of rotatable bonds is 8. The molecule has 0 aliphatic heterocycles. The van der Waals surface area contributed by atoms with Gasteiger partial charge in [0, 0.05) is 35.0 Å². The molecule has 2 N–H and O–H groups in total. The molecule has 0 atom stereocenters. The van der Waals surface area contributed by atoms with Gasteiger partial charge in [0.05, 0.1) is 0 Å². The molecular formula is C22H27BrF2N2O3. The maximum absolute atomic E-state index is 12.9. The van der Waals surface area contributed by atoms with E-state index in [4.69, 9.17) is 0 Å². The SMILES string of the molecule is O=C(CCNC(=O)C12CC3CC(CC(C3)C1)C2)NCc1cc(Br)ccc1OC(F)F. The standard InChI is InChI=1S/C22H27BrF2N2O3/c23-17-1-2-18(30-21(24)25)16(8-17)12-27-19(28)3-4-26-20(29)22-9-13-5-14(10-22)7-15(6-13)11-22/h1-2,8,13-15,21H,3-7,9-12H2,(H,26,29)(H,27,28). The summed E-state index contributed by atoms with van der Waals surface area (Å²) < 4.78 is 30.3. The van der Waals surface area contributed by atoms with E-state index in [-0.39, 0.29) is 42.5 Å². The number of ether oxygens (including phenoxy) is 1. The second-order valence-corrected chi connectivity index (χ2v) is 10.0. The number of hydrogen-bond acceptors (Lipinski definition) is 3. The summed E-state index contributed by atoms with van der Waals surface area (Å²) in [7, 11) is 0. The number of carbonyl (C=O) groups is 2. The average molecular weight is 485 g/mol. The summed E-state index contributed by atoms with van der Waals surface area (Å²) in [4.78, 5) is 25.1. The summed E-state index contributed by atoms with van der Waals surface area (Å²) in [6.07, 6.45) is 6.97. The zero-order valence-corrected chi connectivity index (χ0v) is 18.4. The fourth-order valence-corrected chi connectivity index (χ4v) is 6.45. The molecule has 0 heterocycles. The van der Waals surface area contributed by atoms with Crippen molar-refractivity contribution in [2.75, 3.05) is 6.54 Å². The third-order valence-electron chi connectivity index (χ3n) is 6.87. The van der Waals surface area contributed by atoms with E-state index in [9.17, 15) is 18.4 Å². The van der Waals surface area contributed by atoms with Gasteiger partial charge in [-0.25, -0.2) is 0 Å².